The molecule has 1 aliphatic carbocycles. The number of pyridine rings is 1. The van der Waals surface area contributed by atoms with Crippen LogP contribution in [0.3, 0.4) is 0 Å². The fraction of sp³-hybridized carbons (Fsp3) is 0.429. The number of hydrogen-bond donors (Lipinski definition) is 2. The van der Waals surface area contributed by atoms with E-state index in [4.69, 9.17) is 9.72 Å². The molecule has 1 saturated carbocycles. The average Bonchev–Trinajstić information content (AvgIpc) is 3.70. The Hall–Kier alpha value is -2.61. The van der Waals surface area contributed by atoms with Crippen molar-refractivity contribution in [3.8, 4) is 5.75 Å². The summed E-state index contributed by atoms with van der Waals surface area (Å²) in [4.78, 5) is 17.5. The minimum absolute atomic E-state index is 0.147. The SMILES string of the molecule is Cc1c(NC(=O)c2ccc(OCCC3CC3)cc2)ccc2cc(CN[C@H]3CC[S@+]([O-])CC3)cnc12. The van der Waals surface area contributed by atoms with E-state index in [9.17, 15) is 9.35 Å². The second-order valence-electron chi connectivity index (χ2n) is 9.72. The van der Waals surface area contributed by atoms with Crippen molar-refractivity contribution < 1.29 is 14.1 Å². The van der Waals surface area contributed by atoms with Crippen LogP contribution in [-0.2, 0) is 17.7 Å². The number of carbonyl (C=O) groups is 1. The zero-order chi connectivity index (χ0) is 24.2. The van der Waals surface area contributed by atoms with E-state index in [0.717, 1.165) is 83.3 Å². The molecule has 5 rings (SSSR count). The van der Waals surface area contributed by atoms with Crippen molar-refractivity contribution in [3.63, 3.8) is 0 Å². The van der Waals surface area contributed by atoms with Crippen LogP contribution in [-0.4, -0.2) is 39.6 Å². The Morgan fingerprint density at radius 1 is 1.11 bits per heavy atom. The molecule has 3 aromatic rings. The van der Waals surface area contributed by atoms with Gasteiger partial charge in [0, 0.05) is 48.3 Å². The highest BCUT2D eigenvalue weighted by molar-refractivity contribution is 7.91. The molecule has 6 nitrogen and oxygen atoms in total. The van der Waals surface area contributed by atoms with Gasteiger partial charge in [-0.2, -0.15) is 0 Å². The number of fused-ring (bicyclic) bond motifs is 1. The van der Waals surface area contributed by atoms with Crippen LogP contribution in [0.5, 0.6) is 5.75 Å². The van der Waals surface area contributed by atoms with Crippen LogP contribution in [0.4, 0.5) is 5.69 Å². The summed E-state index contributed by atoms with van der Waals surface area (Å²) in [7, 11) is 0. The third-order valence-electron chi connectivity index (χ3n) is 7.00. The Kier molecular flexibility index (Phi) is 7.56. The van der Waals surface area contributed by atoms with Gasteiger partial charge in [-0.3, -0.25) is 9.78 Å². The van der Waals surface area contributed by atoms with E-state index < -0.39 is 11.2 Å². The molecule has 2 N–H and O–H groups in total. The van der Waals surface area contributed by atoms with E-state index in [2.05, 4.69) is 16.7 Å². The summed E-state index contributed by atoms with van der Waals surface area (Å²) < 4.78 is 17.3. The highest BCUT2D eigenvalue weighted by atomic mass is 32.2. The van der Waals surface area contributed by atoms with Crippen LogP contribution >= 0.6 is 0 Å². The third-order valence-corrected chi connectivity index (χ3v) is 8.38. The number of carbonyl (C=O) groups excluding carboxylic acids is 1. The molecule has 0 bridgehead atoms. The molecule has 2 aliphatic rings. The summed E-state index contributed by atoms with van der Waals surface area (Å²) in [6, 6.07) is 13.9. The van der Waals surface area contributed by atoms with Gasteiger partial charge in [-0.25, -0.2) is 0 Å². The van der Waals surface area contributed by atoms with E-state index in [0.29, 0.717) is 11.6 Å². The number of hydrogen-bond acceptors (Lipinski definition) is 5. The Morgan fingerprint density at radius 3 is 2.63 bits per heavy atom. The summed E-state index contributed by atoms with van der Waals surface area (Å²) in [6.07, 6.45) is 7.60. The van der Waals surface area contributed by atoms with Gasteiger partial charge < -0.3 is 19.9 Å². The average molecular weight is 492 g/mol. The van der Waals surface area contributed by atoms with E-state index >= 15 is 0 Å². The molecule has 2 fully saturated rings. The van der Waals surface area contributed by atoms with Gasteiger partial charge in [-0.1, -0.05) is 30.1 Å². The minimum atomic E-state index is -0.639. The van der Waals surface area contributed by atoms with Crippen molar-refractivity contribution in [2.75, 3.05) is 23.4 Å². The summed E-state index contributed by atoms with van der Waals surface area (Å²) >= 11 is -0.639. The number of ether oxygens (including phenoxy) is 1. The highest BCUT2D eigenvalue weighted by Gasteiger charge is 2.22. The standard InChI is InChI=1S/C28H33N3O3S/c1-19-26(31-28(32)22-4-7-25(8-5-22)34-13-10-20-2-3-20)9-6-23-16-21(18-30-27(19)23)17-29-24-11-14-35(33)15-12-24/h4-9,16,18,20,24,29H,2-3,10-15,17H2,1H3,(H,31,32)/t24-,35-. The summed E-state index contributed by atoms with van der Waals surface area (Å²) in [5.41, 5.74) is 4.32. The van der Waals surface area contributed by atoms with Gasteiger partial charge in [0.1, 0.15) is 17.3 Å². The fourth-order valence-corrected chi connectivity index (χ4v) is 5.83. The van der Waals surface area contributed by atoms with Crippen LogP contribution < -0.4 is 15.4 Å². The molecule has 1 aliphatic heterocycles. The zero-order valence-electron chi connectivity index (χ0n) is 20.2. The predicted octanol–water partition coefficient (Wildman–Crippen LogP) is 4.98. The van der Waals surface area contributed by atoms with Crippen LogP contribution in [0, 0.1) is 12.8 Å². The lowest BCUT2D eigenvalue weighted by Crippen LogP contribution is -2.37. The number of aromatic nitrogens is 1. The molecule has 1 aromatic heterocycles. The number of anilines is 1. The Balaban J connectivity index is 1.19. The molecule has 1 amide bonds. The molecular formula is C28H33N3O3S. The van der Waals surface area contributed by atoms with Gasteiger partial charge in [-0.15, -0.1) is 0 Å². The number of aryl methyl sites for hydroxylation is 1. The quantitative estimate of drug-likeness (QED) is 0.413. The Morgan fingerprint density at radius 2 is 1.89 bits per heavy atom. The lowest BCUT2D eigenvalue weighted by atomic mass is 10.1. The molecular weight excluding hydrogens is 458 g/mol. The molecule has 0 unspecified atom stereocenters. The second kappa shape index (κ2) is 11.0. The normalized spacial score (nSPS) is 20.1. The lowest BCUT2D eigenvalue weighted by Gasteiger charge is -2.25. The van der Waals surface area contributed by atoms with Crippen molar-refractivity contribution in [1.82, 2.24) is 10.3 Å². The third kappa shape index (κ3) is 6.34. The Bertz CT molecular complexity index is 1170. The van der Waals surface area contributed by atoms with Gasteiger partial charge in [0.05, 0.1) is 12.1 Å². The van der Waals surface area contributed by atoms with Crippen molar-refractivity contribution in [2.45, 2.75) is 51.6 Å². The van der Waals surface area contributed by atoms with Gasteiger partial charge in [0.15, 0.2) is 0 Å². The second-order valence-corrected chi connectivity index (χ2v) is 11.4. The smallest absolute Gasteiger partial charge is 0.255 e. The van der Waals surface area contributed by atoms with Gasteiger partial charge in [0.25, 0.3) is 5.91 Å². The molecule has 1 saturated heterocycles. The molecule has 35 heavy (non-hydrogen) atoms. The van der Waals surface area contributed by atoms with E-state index in [-0.39, 0.29) is 5.91 Å². The van der Waals surface area contributed by atoms with Crippen LogP contribution in [0.2, 0.25) is 0 Å². The first-order chi connectivity index (χ1) is 17.0. The van der Waals surface area contributed by atoms with Gasteiger partial charge in [-0.05, 0) is 66.8 Å². The first-order valence-electron chi connectivity index (χ1n) is 12.6. The van der Waals surface area contributed by atoms with Crippen molar-refractivity contribution in [1.29, 1.82) is 0 Å². The monoisotopic (exact) mass is 491 g/mol. The number of benzene rings is 2. The Labute approximate surface area is 210 Å². The lowest BCUT2D eigenvalue weighted by molar-refractivity contribution is 0.102. The van der Waals surface area contributed by atoms with E-state index in [1.165, 1.54) is 12.8 Å². The first kappa shape index (κ1) is 24.1. The first-order valence-corrected chi connectivity index (χ1v) is 14.0. The van der Waals surface area contributed by atoms with Crippen LogP contribution in [0.1, 0.15) is 53.6 Å². The maximum absolute atomic E-state index is 12.8. The zero-order valence-corrected chi connectivity index (χ0v) is 21.0. The van der Waals surface area contributed by atoms with Crippen molar-refractivity contribution in [3.05, 3.63) is 65.4 Å². The number of rotatable bonds is 9. The molecule has 2 heterocycles. The summed E-state index contributed by atoms with van der Waals surface area (Å²) in [5.74, 6) is 3.08. The highest BCUT2D eigenvalue weighted by Crippen LogP contribution is 2.32. The topological polar surface area (TPSA) is 86.3 Å². The maximum atomic E-state index is 12.8. The van der Waals surface area contributed by atoms with Crippen LogP contribution in [0.15, 0.2) is 48.7 Å². The van der Waals surface area contributed by atoms with Crippen molar-refractivity contribution >= 4 is 33.7 Å². The van der Waals surface area contributed by atoms with E-state index in [1.807, 2.05) is 37.4 Å². The fourth-order valence-electron chi connectivity index (χ4n) is 4.53. The number of nitrogens with zero attached hydrogens (tertiary/aromatic N) is 1. The summed E-state index contributed by atoms with van der Waals surface area (Å²) in [6.45, 7) is 3.47. The molecule has 0 spiro atoms. The molecule has 184 valence electrons. The van der Waals surface area contributed by atoms with Gasteiger partial charge >= 0.3 is 0 Å². The minimum Gasteiger partial charge on any atom is -0.616 e. The molecule has 2 aromatic carbocycles. The summed E-state index contributed by atoms with van der Waals surface area (Å²) in [5, 5.41) is 7.66. The van der Waals surface area contributed by atoms with E-state index in [1.54, 1.807) is 12.1 Å². The predicted molar refractivity (Wildman–Crippen MR) is 141 cm³/mol. The molecule has 0 radical (unpaired) electrons. The largest absolute Gasteiger partial charge is 0.616 e. The van der Waals surface area contributed by atoms with Crippen molar-refractivity contribution in [2.24, 2.45) is 5.92 Å². The number of nitrogens with one attached hydrogen (secondary N) is 2. The van der Waals surface area contributed by atoms with Gasteiger partial charge in [0.2, 0.25) is 0 Å². The molecule has 7 heteroatoms. The molecule has 0 atom stereocenters. The number of amides is 1. The maximum Gasteiger partial charge on any atom is 0.255 e. The van der Waals surface area contributed by atoms with Crippen LogP contribution in [0.25, 0.3) is 10.9 Å².